The summed E-state index contributed by atoms with van der Waals surface area (Å²) in [6, 6.07) is 7.98. The van der Waals surface area contributed by atoms with E-state index in [1.807, 2.05) is 29.2 Å². The molecule has 22 heavy (non-hydrogen) atoms. The van der Waals surface area contributed by atoms with Gasteiger partial charge < -0.3 is 14.5 Å². The maximum absolute atomic E-state index is 12.4. The number of methoxy groups -OCH3 is 1. The number of hydrogen-bond acceptors (Lipinski definition) is 5. The minimum atomic E-state index is -0.0550. The van der Waals surface area contributed by atoms with Crippen LogP contribution < -0.4 is 9.64 Å². The van der Waals surface area contributed by atoms with Crippen LogP contribution in [0.2, 0.25) is 0 Å². The minimum absolute atomic E-state index is 0.0550. The minimum Gasteiger partial charge on any atom is -0.497 e. The van der Waals surface area contributed by atoms with Crippen molar-refractivity contribution in [3.63, 3.8) is 0 Å². The van der Waals surface area contributed by atoms with Crippen LogP contribution in [0.15, 0.2) is 24.3 Å². The number of rotatable bonds is 3. The number of aromatic amines is 1. The number of anilines is 1. The summed E-state index contributed by atoms with van der Waals surface area (Å²) in [4.78, 5) is 16.5. The van der Waals surface area contributed by atoms with Crippen LogP contribution in [0.5, 0.6) is 5.75 Å². The van der Waals surface area contributed by atoms with Gasteiger partial charge in [-0.2, -0.15) is 15.4 Å². The monoisotopic (exact) mass is 301 g/mol. The molecule has 0 aliphatic carbocycles. The van der Waals surface area contributed by atoms with Crippen LogP contribution in [0.25, 0.3) is 0 Å². The van der Waals surface area contributed by atoms with Gasteiger partial charge in [0.15, 0.2) is 5.69 Å². The number of nitrogens with zero attached hydrogens (tertiary/aromatic N) is 4. The molecule has 0 saturated carbocycles. The highest BCUT2D eigenvalue weighted by atomic mass is 16.5. The van der Waals surface area contributed by atoms with Gasteiger partial charge in [0, 0.05) is 31.9 Å². The SMILES string of the molecule is COc1ccc(N2CCN(C(=O)c3n[nH]nc3C)CC2)cc1. The molecule has 2 aromatic rings. The van der Waals surface area contributed by atoms with Crippen molar-refractivity contribution in [3.05, 3.63) is 35.7 Å². The molecule has 0 bridgehead atoms. The number of aromatic nitrogens is 3. The van der Waals surface area contributed by atoms with Crippen LogP contribution in [0, 0.1) is 6.92 Å². The van der Waals surface area contributed by atoms with E-state index in [1.165, 1.54) is 0 Å². The van der Waals surface area contributed by atoms with E-state index in [-0.39, 0.29) is 5.91 Å². The maximum atomic E-state index is 12.4. The number of benzene rings is 1. The molecular formula is C15H19N5O2. The first kappa shape index (κ1) is 14.4. The normalized spacial score (nSPS) is 15.0. The van der Waals surface area contributed by atoms with Crippen LogP contribution in [0.3, 0.4) is 0 Å². The molecule has 0 atom stereocenters. The van der Waals surface area contributed by atoms with Crippen molar-refractivity contribution in [1.82, 2.24) is 20.3 Å². The molecule has 1 aliphatic rings. The summed E-state index contributed by atoms with van der Waals surface area (Å²) in [6.45, 7) is 4.74. The highest BCUT2D eigenvalue weighted by Crippen LogP contribution is 2.21. The molecule has 1 aliphatic heterocycles. The van der Waals surface area contributed by atoms with Crippen LogP contribution in [-0.2, 0) is 0 Å². The van der Waals surface area contributed by atoms with Gasteiger partial charge in [-0.3, -0.25) is 4.79 Å². The lowest BCUT2D eigenvalue weighted by molar-refractivity contribution is 0.0740. The van der Waals surface area contributed by atoms with E-state index < -0.39 is 0 Å². The zero-order valence-electron chi connectivity index (χ0n) is 12.7. The number of nitrogens with one attached hydrogen (secondary N) is 1. The van der Waals surface area contributed by atoms with Crippen molar-refractivity contribution in [2.75, 3.05) is 38.2 Å². The second kappa shape index (κ2) is 6.05. The molecule has 7 nitrogen and oxygen atoms in total. The quantitative estimate of drug-likeness (QED) is 0.918. The molecule has 2 heterocycles. The van der Waals surface area contributed by atoms with E-state index in [1.54, 1.807) is 14.0 Å². The first-order chi connectivity index (χ1) is 10.7. The fourth-order valence-corrected chi connectivity index (χ4v) is 2.60. The summed E-state index contributed by atoms with van der Waals surface area (Å²) in [5.74, 6) is 0.791. The molecule has 1 N–H and O–H groups in total. The van der Waals surface area contributed by atoms with Gasteiger partial charge in [0.05, 0.1) is 12.8 Å². The fourth-order valence-electron chi connectivity index (χ4n) is 2.60. The predicted octanol–water partition coefficient (Wildman–Crippen LogP) is 1.08. The summed E-state index contributed by atoms with van der Waals surface area (Å²) in [6.07, 6.45) is 0. The van der Waals surface area contributed by atoms with E-state index >= 15 is 0 Å². The third kappa shape index (κ3) is 2.74. The molecule has 116 valence electrons. The van der Waals surface area contributed by atoms with Gasteiger partial charge in [0.25, 0.3) is 5.91 Å². The smallest absolute Gasteiger partial charge is 0.276 e. The van der Waals surface area contributed by atoms with E-state index in [9.17, 15) is 4.79 Å². The summed E-state index contributed by atoms with van der Waals surface area (Å²) in [7, 11) is 1.66. The molecule has 1 aromatic carbocycles. The number of carbonyl (C=O) groups is 1. The summed E-state index contributed by atoms with van der Waals surface area (Å²) >= 11 is 0. The lowest BCUT2D eigenvalue weighted by Gasteiger charge is -2.35. The maximum Gasteiger partial charge on any atom is 0.276 e. The molecule has 1 fully saturated rings. The van der Waals surface area contributed by atoms with Gasteiger partial charge in [-0.25, -0.2) is 0 Å². The second-order valence-corrected chi connectivity index (χ2v) is 5.23. The molecule has 1 amide bonds. The van der Waals surface area contributed by atoms with E-state index in [4.69, 9.17) is 4.74 Å². The number of piperazine rings is 1. The molecule has 0 unspecified atom stereocenters. The molecule has 0 spiro atoms. The average Bonchev–Trinajstić information content (AvgIpc) is 3.00. The van der Waals surface area contributed by atoms with Crippen LogP contribution in [-0.4, -0.2) is 59.5 Å². The average molecular weight is 301 g/mol. The van der Waals surface area contributed by atoms with E-state index in [0.717, 1.165) is 24.5 Å². The number of ether oxygens (including phenoxy) is 1. The van der Waals surface area contributed by atoms with Crippen molar-refractivity contribution < 1.29 is 9.53 Å². The number of carbonyl (C=O) groups excluding carboxylic acids is 1. The largest absolute Gasteiger partial charge is 0.497 e. The van der Waals surface area contributed by atoms with Crippen LogP contribution in [0.1, 0.15) is 16.2 Å². The number of hydrogen-bond donors (Lipinski definition) is 1. The fraction of sp³-hybridized carbons (Fsp3) is 0.400. The Morgan fingerprint density at radius 2 is 1.82 bits per heavy atom. The third-order valence-corrected chi connectivity index (χ3v) is 3.93. The van der Waals surface area contributed by atoms with Gasteiger partial charge >= 0.3 is 0 Å². The Kier molecular flexibility index (Phi) is 3.95. The molecular weight excluding hydrogens is 282 g/mol. The molecule has 1 saturated heterocycles. The first-order valence-corrected chi connectivity index (χ1v) is 7.24. The lowest BCUT2D eigenvalue weighted by atomic mass is 10.2. The Hall–Kier alpha value is -2.57. The Morgan fingerprint density at radius 3 is 2.36 bits per heavy atom. The van der Waals surface area contributed by atoms with Gasteiger partial charge in [-0.15, -0.1) is 0 Å². The van der Waals surface area contributed by atoms with E-state index in [0.29, 0.717) is 24.5 Å². The molecule has 0 radical (unpaired) electrons. The first-order valence-electron chi connectivity index (χ1n) is 7.24. The topological polar surface area (TPSA) is 74.3 Å². The molecule has 3 rings (SSSR count). The second-order valence-electron chi connectivity index (χ2n) is 5.23. The predicted molar refractivity (Wildman–Crippen MR) is 82.2 cm³/mol. The number of H-pyrrole nitrogens is 1. The van der Waals surface area contributed by atoms with Crippen molar-refractivity contribution in [3.8, 4) is 5.75 Å². The van der Waals surface area contributed by atoms with Gasteiger partial charge in [0.1, 0.15) is 5.75 Å². The Labute approximate surface area is 128 Å². The van der Waals surface area contributed by atoms with Crippen molar-refractivity contribution in [2.24, 2.45) is 0 Å². The summed E-state index contributed by atoms with van der Waals surface area (Å²) in [5.41, 5.74) is 2.20. The number of aryl methyl sites for hydroxylation is 1. The van der Waals surface area contributed by atoms with E-state index in [2.05, 4.69) is 20.3 Å². The Balaban J connectivity index is 1.62. The lowest BCUT2D eigenvalue weighted by Crippen LogP contribution is -2.49. The standard InChI is InChI=1S/C15H19N5O2/c1-11-14(17-18-16-11)15(21)20-9-7-19(8-10-20)12-3-5-13(22-2)6-4-12/h3-6H,7-10H2,1-2H3,(H,16,17,18). The van der Waals surface area contributed by atoms with Crippen LogP contribution in [0.4, 0.5) is 5.69 Å². The Bertz CT molecular complexity index is 644. The van der Waals surface area contributed by atoms with Crippen LogP contribution >= 0.6 is 0 Å². The van der Waals surface area contributed by atoms with Gasteiger partial charge in [0.2, 0.25) is 0 Å². The number of amides is 1. The third-order valence-electron chi connectivity index (χ3n) is 3.93. The van der Waals surface area contributed by atoms with Gasteiger partial charge in [-0.05, 0) is 31.2 Å². The molecule has 7 heteroatoms. The van der Waals surface area contributed by atoms with Gasteiger partial charge in [-0.1, -0.05) is 0 Å². The zero-order chi connectivity index (χ0) is 15.5. The molecule has 1 aromatic heterocycles. The van der Waals surface area contributed by atoms with Crippen molar-refractivity contribution in [2.45, 2.75) is 6.92 Å². The summed E-state index contributed by atoms with van der Waals surface area (Å²) in [5, 5.41) is 10.3. The highest BCUT2D eigenvalue weighted by Gasteiger charge is 2.25. The van der Waals surface area contributed by atoms with Crippen molar-refractivity contribution >= 4 is 11.6 Å². The highest BCUT2D eigenvalue weighted by molar-refractivity contribution is 5.93. The van der Waals surface area contributed by atoms with Crippen molar-refractivity contribution in [1.29, 1.82) is 0 Å². The summed E-state index contributed by atoms with van der Waals surface area (Å²) < 4.78 is 5.17. The Morgan fingerprint density at radius 1 is 1.14 bits per heavy atom. The zero-order valence-corrected chi connectivity index (χ0v) is 12.7.